The molecule has 6 heteroatoms. The standard InChI is InChI=1S/C25H28ClN3OS/c1-25(2,3)20-9-7-18(8-10-20)16-29(17-19-6-5-13-27-15-19)24(31)28-22-12-11-21(26)14-23(22)30-4/h5-15H,16-17H2,1-4H3,(H,28,31). The van der Waals surface area contributed by atoms with Crippen LogP contribution in [0, 0.1) is 0 Å². The van der Waals surface area contributed by atoms with Gasteiger partial charge in [0.05, 0.1) is 12.8 Å². The molecule has 1 N–H and O–H groups in total. The van der Waals surface area contributed by atoms with Crippen LogP contribution in [0.3, 0.4) is 0 Å². The van der Waals surface area contributed by atoms with Crippen molar-refractivity contribution in [1.82, 2.24) is 9.88 Å². The van der Waals surface area contributed by atoms with Crippen LogP contribution in [-0.4, -0.2) is 22.1 Å². The van der Waals surface area contributed by atoms with Crippen LogP contribution < -0.4 is 10.1 Å². The third-order valence-electron chi connectivity index (χ3n) is 4.98. The van der Waals surface area contributed by atoms with Gasteiger partial charge >= 0.3 is 0 Å². The quantitative estimate of drug-likeness (QED) is 0.434. The highest BCUT2D eigenvalue weighted by Crippen LogP contribution is 2.28. The zero-order valence-corrected chi connectivity index (χ0v) is 19.9. The average Bonchev–Trinajstić information content (AvgIpc) is 2.75. The van der Waals surface area contributed by atoms with E-state index in [0.717, 1.165) is 11.3 Å². The second-order valence-corrected chi connectivity index (χ2v) is 9.26. The number of anilines is 1. The number of aromatic nitrogens is 1. The van der Waals surface area contributed by atoms with Crippen LogP contribution in [0.2, 0.25) is 5.02 Å². The fourth-order valence-corrected chi connectivity index (χ4v) is 3.61. The summed E-state index contributed by atoms with van der Waals surface area (Å²) in [4.78, 5) is 6.36. The van der Waals surface area contributed by atoms with Gasteiger partial charge in [-0.15, -0.1) is 0 Å². The Morgan fingerprint density at radius 2 is 1.77 bits per heavy atom. The Labute approximate surface area is 195 Å². The van der Waals surface area contributed by atoms with Gasteiger partial charge in [0.1, 0.15) is 5.75 Å². The van der Waals surface area contributed by atoms with Gasteiger partial charge in [-0.2, -0.15) is 0 Å². The van der Waals surface area contributed by atoms with Gasteiger partial charge in [-0.05, 0) is 52.5 Å². The molecule has 0 amide bonds. The summed E-state index contributed by atoms with van der Waals surface area (Å²) >= 11 is 11.9. The summed E-state index contributed by atoms with van der Waals surface area (Å²) < 4.78 is 5.45. The van der Waals surface area contributed by atoms with E-state index in [2.05, 4.69) is 60.2 Å². The van der Waals surface area contributed by atoms with Gasteiger partial charge in [-0.1, -0.05) is 62.7 Å². The minimum Gasteiger partial charge on any atom is -0.495 e. The molecule has 0 unspecified atom stereocenters. The number of hydrogen-bond acceptors (Lipinski definition) is 3. The Kier molecular flexibility index (Phi) is 7.52. The van der Waals surface area contributed by atoms with Crippen molar-refractivity contribution < 1.29 is 4.74 Å². The largest absolute Gasteiger partial charge is 0.495 e. The first-order valence-corrected chi connectivity index (χ1v) is 10.9. The van der Waals surface area contributed by atoms with Crippen LogP contribution in [0.25, 0.3) is 0 Å². The maximum Gasteiger partial charge on any atom is 0.174 e. The number of thiocarbonyl (C=S) groups is 1. The summed E-state index contributed by atoms with van der Waals surface area (Å²) in [5.41, 5.74) is 4.47. The molecule has 0 spiro atoms. The van der Waals surface area contributed by atoms with Crippen LogP contribution >= 0.6 is 23.8 Å². The van der Waals surface area contributed by atoms with Crippen LogP contribution in [0.5, 0.6) is 5.75 Å². The van der Waals surface area contributed by atoms with Crippen molar-refractivity contribution in [3.63, 3.8) is 0 Å². The van der Waals surface area contributed by atoms with Gasteiger partial charge in [0.15, 0.2) is 5.11 Å². The molecule has 0 atom stereocenters. The maximum absolute atomic E-state index is 6.10. The summed E-state index contributed by atoms with van der Waals surface area (Å²) in [5.74, 6) is 0.644. The van der Waals surface area contributed by atoms with Crippen molar-refractivity contribution in [2.24, 2.45) is 0 Å². The van der Waals surface area contributed by atoms with Crippen LogP contribution in [0.15, 0.2) is 67.0 Å². The molecule has 2 aromatic carbocycles. The lowest BCUT2D eigenvalue weighted by Crippen LogP contribution is -2.34. The lowest BCUT2D eigenvalue weighted by atomic mass is 9.87. The molecule has 162 valence electrons. The SMILES string of the molecule is COc1cc(Cl)ccc1NC(=S)N(Cc1ccc(C(C)(C)C)cc1)Cc1cccnc1. The van der Waals surface area contributed by atoms with Crippen molar-refractivity contribution >= 4 is 34.6 Å². The second kappa shape index (κ2) is 10.1. The number of nitrogens with zero attached hydrogens (tertiary/aromatic N) is 2. The Morgan fingerprint density at radius 3 is 2.39 bits per heavy atom. The average molecular weight is 454 g/mol. The van der Waals surface area contributed by atoms with Gasteiger partial charge in [0.25, 0.3) is 0 Å². The fraction of sp³-hybridized carbons (Fsp3) is 0.280. The van der Waals surface area contributed by atoms with Crippen LogP contribution in [0.1, 0.15) is 37.5 Å². The highest BCUT2D eigenvalue weighted by atomic mass is 35.5. The number of methoxy groups -OCH3 is 1. The van der Waals surface area contributed by atoms with E-state index in [9.17, 15) is 0 Å². The number of ether oxygens (including phenoxy) is 1. The van der Waals surface area contributed by atoms with E-state index in [1.165, 1.54) is 11.1 Å². The molecule has 0 fully saturated rings. The van der Waals surface area contributed by atoms with E-state index in [1.54, 1.807) is 19.4 Å². The van der Waals surface area contributed by atoms with Crippen LogP contribution in [-0.2, 0) is 18.5 Å². The summed E-state index contributed by atoms with van der Waals surface area (Å²) in [7, 11) is 1.62. The molecule has 3 rings (SSSR count). The maximum atomic E-state index is 6.10. The number of benzene rings is 2. The van der Waals surface area contributed by atoms with Gasteiger partial charge in [0.2, 0.25) is 0 Å². The lowest BCUT2D eigenvalue weighted by Gasteiger charge is -2.27. The summed E-state index contributed by atoms with van der Waals surface area (Å²) in [5, 5.41) is 4.53. The Morgan fingerprint density at radius 1 is 1.06 bits per heavy atom. The predicted molar refractivity (Wildman–Crippen MR) is 133 cm³/mol. The molecule has 4 nitrogen and oxygen atoms in total. The minimum absolute atomic E-state index is 0.121. The number of nitrogens with one attached hydrogen (secondary N) is 1. The molecule has 0 radical (unpaired) electrons. The van der Waals surface area contributed by atoms with E-state index >= 15 is 0 Å². The van der Waals surface area contributed by atoms with Crippen molar-refractivity contribution in [1.29, 1.82) is 0 Å². The van der Waals surface area contributed by atoms with Gasteiger partial charge in [0, 0.05) is 36.6 Å². The third kappa shape index (κ3) is 6.42. The first-order chi connectivity index (χ1) is 14.8. The Balaban J connectivity index is 1.83. The van der Waals surface area contributed by atoms with Crippen molar-refractivity contribution in [2.75, 3.05) is 12.4 Å². The highest BCUT2D eigenvalue weighted by Gasteiger charge is 2.16. The molecular formula is C25H28ClN3OS. The van der Waals surface area contributed by atoms with E-state index in [0.29, 0.717) is 29.0 Å². The number of rotatable bonds is 6. The van der Waals surface area contributed by atoms with E-state index in [4.69, 9.17) is 28.6 Å². The number of pyridine rings is 1. The second-order valence-electron chi connectivity index (χ2n) is 8.44. The van der Waals surface area contributed by atoms with Crippen LogP contribution in [0.4, 0.5) is 5.69 Å². The molecule has 31 heavy (non-hydrogen) atoms. The number of halogens is 1. The molecule has 0 aliphatic carbocycles. The summed E-state index contributed by atoms with van der Waals surface area (Å²) in [6, 6.07) is 18.2. The summed E-state index contributed by atoms with van der Waals surface area (Å²) in [6.45, 7) is 7.96. The molecular weight excluding hydrogens is 426 g/mol. The molecule has 0 aliphatic rings. The monoisotopic (exact) mass is 453 g/mol. The van der Waals surface area contributed by atoms with E-state index in [1.807, 2.05) is 30.5 Å². The highest BCUT2D eigenvalue weighted by molar-refractivity contribution is 7.80. The van der Waals surface area contributed by atoms with Crippen molar-refractivity contribution in [2.45, 2.75) is 39.3 Å². The summed E-state index contributed by atoms with van der Waals surface area (Å²) in [6.07, 6.45) is 3.63. The predicted octanol–water partition coefficient (Wildman–Crippen LogP) is 6.44. The fourth-order valence-electron chi connectivity index (χ4n) is 3.20. The molecule has 0 saturated carbocycles. The zero-order chi connectivity index (χ0) is 22.4. The smallest absolute Gasteiger partial charge is 0.174 e. The number of hydrogen-bond donors (Lipinski definition) is 1. The minimum atomic E-state index is 0.121. The zero-order valence-electron chi connectivity index (χ0n) is 18.4. The molecule has 0 aliphatic heterocycles. The molecule has 1 heterocycles. The lowest BCUT2D eigenvalue weighted by molar-refractivity contribution is 0.408. The van der Waals surface area contributed by atoms with E-state index < -0.39 is 0 Å². The Bertz CT molecular complexity index is 1020. The van der Waals surface area contributed by atoms with Gasteiger partial charge in [-0.3, -0.25) is 4.98 Å². The van der Waals surface area contributed by atoms with Gasteiger partial charge in [-0.25, -0.2) is 0 Å². The molecule has 0 saturated heterocycles. The third-order valence-corrected chi connectivity index (χ3v) is 5.58. The normalized spacial score (nSPS) is 11.1. The molecule has 0 bridgehead atoms. The first kappa shape index (κ1) is 23.0. The van der Waals surface area contributed by atoms with Crippen molar-refractivity contribution in [3.05, 3.63) is 88.7 Å². The van der Waals surface area contributed by atoms with Gasteiger partial charge < -0.3 is 15.0 Å². The molecule has 3 aromatic rings. The first-order valence-electron chi connectivity index (χ1n) is 10.1. The Hall–Kier alpha value is -2.63. The van der Waals surface area contributed by atoms with E-state index in [-0.39, 0.29) is 5.41 Å². The molecule has 1 aromatic heterocycles. The topological polar surface area (TPSA) is 37.4 Å². The van der Waals surface area contributed by atoms with Crippen molar-refractivity contribution in [3.8, 4) is 5.75 Å².